The van der Waals surface area contributed by atoms with E-state index < -0.39 is 0 Å². The van der Waals surface area contributed by atoms with E-state index in [9.17, 15) is 0 Å². The lowest BCUT2D eigenvalue weighted by Gasteiger charge is -2.29. The maximum absolute atomic E-state index is 5.86. The van der Waals surface area contributed by atoms with Gasteiger partial charge < -0.3 is 14.8 Å². The van der Waals surface area contributed by atoms with Gasteiger partial charge in [0.05, 0.1) is 19.3 Å². The average molecular weight is 257 g/mol. The molecule has 0 aliphatic heterocycles. The number of hydrogen-bond donors (Lipinski definition) is 1. The summed E-state index contributed by atoms with van der Waals surface area (Å²) in [6.45, 7) is 7.97. The highest BCUT2D eigenvalue weighted by molar-refractivity contribution is 4.77. The van der Waals surface area contributed by atoms with Gasteiger partial charge in [-0.3, -0.25) is 0 Å². The van der Waals surface area contributed by atoms with Crippen molar-refractivity contribution < 1.29 is 9.47 Å². The molecule has 0 atom stereocenters. The monoisotopic (exact) mass is 257 g/mol. The minimum Gasteiger partial charge on any atom is -0.379 e. The summed E-state index contributed by atoms with van der Waals surface area (Å²) in [6, 6.07) is 0.727. The van der Waals surface area contributed by atoms with Crippen molar-refractivity contribution in [2.24, 2.45) is 0 Å². The minimum atomic E-state index is 0.472. The van der Waals surface area contributed by atoms with Gasteiger partial charge in [0.25, 0.3) is 0 Å². The Labute approximate surface area is 113 Å². The van der Waals surface area contributed by atoms with Gasteiger partial charge >= 0.3 is 0 Å². The second kappa shape index (κ2) is 10.8. The summed E-state index contributed by atoms with van der Waals surface area (Å²) in [5.41, 5.74) is 0. The lowest BCUT2D eigenvalue weighted by atomic mass is 9.93. The second-order valence-electron chi connectivity index (χ2n) is 5.26. The smallest absolute Gasteiger partial charge is 0.0704 e. The van der Waals surface area contributed by atoms with E-state index in [4.69, 9.17) is 9.47 Å². The molecule has 0 amide bonds. The fraction of sp³-hybridized carbons (Fsp3) is 1.00. The molecule has 0 spiro atoms. The van der Waals surface area contributed by atoms with E-state index in [0.717, 1.165) is 38.8 Å². The van der Waals surface area contributed by atoms with Crippen LogP contribution in [-0.2, 0) is 9.47 Å². The van der Waals surface area contributed by atoms with Crippen molar-refractivity contribution in [2.45, 2.75) is 70.9 Å². The van der Waals surface area contributed by atoms with Crippen molar-refractivity contribution in [2.75, 3.05) is 26.4 Å². The van der Waals surface area contributed by atoms with Crippen LogP contribution in [0, 0.1) is 0 Å². The van der Waals surface area contributed by atoms with Crippen LogP contribution in [0.2, 0.25) is 0 Å². The Morgan fingerprint density at radius 3 is 2.39 bits per heavy atom. The Morgan fingerprint density at radius 2 is 1.72 bits per heavy atom. The maximum Gasteiger partial charge on any atom is 0.0704 e. The molecular formula is C15H31NO2. The van der Waals surface area contributed by atoms with Crippen LogP contribution in [0.5, 0.6) is 0 Å². The third-order valence-corrected chi connectivity index (χ3v) is 3.58. The van der Waals surface area contributed by atoms with Crippen LogP contribution in [0.15, 0.2) is 0 Å². The fourth-order valence-corrected chi connectivity index (χ4v) is 2.40. The van der Waals surface area contributed by atoms with Crippen LogP contribution < -0.4 is 5.32 Å². The molecule has 0 radical (unpaired) electrons. The van der Waals surface area contributed by atoms with Gasteiger partial charge in [-0.1, -0.05) is 20.3 Å². The fourth-order valence-electron chi connectivity index (χ4n) is 2.40. The van der Waals surface area contributed by atoms with E-state index in [1.54, 1.807) is 0 Å². The molecule has 1 aliphatic carbocycles. The molecule has 0 aromatic carbocycles. The summed E-state index contributed by atoms with van der Waals surface area (Å²) in [7, 11) is 0. The van der Waals surface area contributed by atoms with Crippen LogP contribution >= 0.6 is 0 Å². The summed E-state index contributed by atoms with van der Waals surface area (Å²) in [5.74, 6) is 0. The first-order chi connectivity index (χ1) is 8.86. The first-order valence-corrected chi connectivity index (χ1v) is 7.79. The summed E-state index contributed by atoms with van der Waals surface area (Å²) in [5, 5.41) is 3.60. The average Bonchev–Trinajstić information content (AvgIpc) is 2.42. The SMILES string of the molecule is CCCCOCCOC1CCC(NCCC)CC1. The molecule has 0 aromatic rings. The minimum absolute atomic E-state index is 0.472. The molecule has 0 saturated heterocycles. The standard InChI is InChI=1S/C15H31NO2/c1-3-5-11-17-12-13-18-15-8-6-14(7-9-15)16-10-4-2/h14-16H,3-13H2,1-2H3. The highest BCUT2D eigenvalue weighted by Crippen LogP contribution is 2.21. The van der Waals surface area contributed by atoms with E-state index >= 15 is 0 Å². The second-order valence-corrected chi connectivity index (χ2v) is 5.26. The van der Waals surface area contributed by atoms with Gasteiger partial charge in [-0.25, -0.2) is 0 Å². The predicted octanol–water partition coefficient (Wildman–Crippen LogP) is 3.13. The molecule has 3 heteroatoms. The van der Waals surface area contributed by atoms with Crippen molar-refractivity contribution in [3.8, 4) is 0 Å². The molecular weight excluding hydrogens is 226 g/mol. The van der Waals surface area contributed by atoms with Gasteiger partial charge in [-0.05, 0) is 45.1 Å². The predicted molar refractivity (Wildman–Crippen MR) is 76.0 cm³/mol. The van der Waals surface area contributed by atoms with Gasteiger partial charge in [0, 0.05) is 12.6 Å². The quantitative estimate of drug-likeness (QED) is 0.610. The Bertz CT molecular complexity index is 179. The van der Waals surface area contributed by atoms with E-state index in [0.29, 0.717) is 6.10 Å². The zero-order chi connectivity index (χ0) is 13.1. The van der Waals surface area contributed by atoms with Crippen molar-refractivity contribution in [3.05, 3.63) is 0 Å². The largest absolute Gasteiger partial charge is 0.379 e. The molecule has 1 saturated carbocycles. The molecule has 1 aliphatic rings. The summed E-state index contributed by atoms with van der Waals surface area (Å²) in [4.78, 5) is 0. The highest BCUT2D eigenvalue weighted by Gasteiger charge is 2.20. The van der Waals surface area contributed by atoms with Crippen LogP contribution in [0.4, 0.5) is 0 Å². The van der Waals surface area contributed by atoms with E-state index in [1.807, 2.05) is 0 Å². The zero-order valence-corrected chi connectivity index (χ0v) is 12.2. The van der Waals surface area contributed by atoms with E-state index in [2.05, 4.69) is 19.2 Å². The summed E-state index contributed by atoms with van der Waals surface area (Å²) in [6.07, 6.45) is 9.00. The number of hydrogen-bond acceptors (Lipinski definition) is 3. The van der Waals surface area contributed by atoms with Gasteiger partial charge in [0.1, 0.15) is 0 Å². The third-order valence-electron chi connectivity index (χ3n) is 3.58. The van der Waals surface area contributed by atoms with Crippen molar-refractivity contribution >= 4 is 0 Å². The molecule has 18 heavy (non-hydrogen) atoms. The Kier molecular flexibility index (Phi) is 9.54. The summed E-state index contributed by atoms with van der Waals surface area (Å²) < 4.78 is 11.4. The van der Waals surface area contributed by atoms with E-state index in [-0.39, 0.29) is 0 Å². The highest BCUT2D eigenvalue weighted by atomic mass is 16.5. The number of nitrogens with one attached hydrogen (secondary N) is 1. The number of ether oxygens (including phenoxy) is 2. The topological polar surface area (TPSA) is 30.5 Å². The normalized spacial score (nSPS) is 24.3. The van der Waals surface area contributed by atoms with Gasteiger partial charge in [-0.15, -0.1) is 0 Å². The third kappa shape index (κ3) is 7.34. The van der Waals surface area contributed by atoms with E-state index in [1.165, 1.54) is 38.5 Å². The van der Waals surface area contributed by atoms with Crippen LogP contribution in [0.3, 0.4) is 0 Å². The van der Waals surface area contributed by atoms with Crippen LogP contribution in [0.1, 0.15) is 58.8 Å². The molecule has 0 unspecified atom stereocenters. The van der Waals surface area contributed by atoms with Gasteiger partial charge in [-0.2, -0.15) is 0 Å². The molecule has 1 N–H and O–H groups in total. The molecule has 108 valence electrons. The maximum atomic E-state index is 5.86. The van der Waals surface area contributed by atoms with Gasteiger partial charge in [0.15, 0.2) is 0 Å². The molecule has 1 fully saturated rings. The first kappa shape index (κ1) is 15.9. The molecule has 0 aromatic heterocycles. The molecule has 1 rings (SSSR count). The Balaban J connectivity index is 1.92. The Hall–Kier alpha value is -0.120. The van der Waals surface area contributed by atoms with Crippen molar-refractivity contribution in [1.82, 2.24) is 5.32 Å². The first-order valence-electron chi connectivity index (χ1n) is 7.79. The van der Waals surface area contributed by atoms with Crippen LogP contribution in [0.25, 0.3) is 0 Å². The number of unbranched alkanes of at least 4 members (excludes halogenated alkanes) is 1. The zero-order valence-electron chi connectivity index (χ0n) is 12.2. The van der Waals surface area contributed by atoms with Crippen molar-refractivity contribution in [3.63, 3.8) is 0 Å². The molecule has 0 heterocycles. The summed E-state index contributed by atoms with van der Waals surface area (Å²) >= 11 is 0. The molecule has 3 nitrogen and oxygen atoms in total. The van der Waals surface area contributed by atoms with Crippen LogP contribution in [-0.4, -0.2) is 38.5 Å². The number of rotatable bonds is 10. The van der Waals surface area contributed by atoms with Crippen molar-refractivity contribution in [1.29, 1.82) is 0 Å². The van der Waals surface area contributed by atoms with Gasteiger partial charge in [0.2, 0.25) is 0 Å². The lowest BCUT2D eigenvalue weighted by molar-refractivity contribution is -0.0138. The Morgan fingerprint density at radius 1 is 0.944 bits per heavy atom. The lowest BCUT2D eigenvalue weighted by Crippen LogP contribution is -2.36. The molecule has 0 bridgehead atoms.